The van der Waals surface area contributed by atoms with E-state index >= 15 is 0 Å². The van der Waals surface area contributed by atoms with Crippen molar-refractivity contribution in [3.63, 3.8) is 0 Å². The number of hydrogen-bond donors (Lipinski definition) is 2. The van der Waals surface area contributed by atoms with Crippen molar-refractivity contribution in [2.75, 3.05) is 6.54 Å². The first-order valence-corrected chi connectivity index (χ1v) is 7.87. The van der Waals surface area contributed by atoms with Gasteiger partial charge < -0.3 is 11.1 Å². The van der Waals surface area contributed by atoms with Gasteiger partial charge in [-0.3, -0.25) is 9.59 Å². The molecule has 0 heterocycles. The van der Waals surface area contributed by atoms with Crippen LogP contribution in [0, 0.1) is 5.82 Å². The van der Waals surface area contributed by atoms with Crippen molar-refractivity contribution in [3.05, 3.63) is 35.6 Å². The van der Waals surface area contributed by atoms with Crippen LogP contribution in [0.4, 0.5) is 4.39 Å². The summed E-state index contributed by atoms with van der Waals surface area (Å²) in [7, 11) is 0. The molecule has 1 aromatic rings. The van der Waals surface area contributed by atoms with Gasteiger partial charge in [-0.25, -0.2) is 4.39 Å². The summed E-state index contributed by atoms with van der Waals surface area (Å²) >= 11 is 0. The fourth-order valence-corrected chi connectivity index (χ4v) is 3.20. The normalized spacial score (nSPS) is 17.0. The van der Waals surface area contributed by atoms with Crippen molar-refractivity contribution in [2.24, 2.45) is 5.73 Å². The van der Waals surface area contributed by atoms with Gasteiger partial charge in [0.05, 0.1) is 5.41 Å². The van der Waals surface area contributed by atoms with Gasteiger partial charge in [-0.1, -0.05) is 31.4 Å². The lowest BCUT2D eigenvalue weighted by Gasteiger charge is -2.36. The molecule has 0 unspecified atom stereocenters. The van der Waals surface area contributed by atoms with E-state index in [1.54, 1.807) is 12.1 Å². The minimum atomic E-state index is -0.571. The molecule has 1 aliphatic rings. The molecule has 1 aliphatic carbocycles. The molecule has 0 radical (unpaired) electrons. The van der Waals surface area contributed by atoms with Crippen molar-refractivity contribution in [3.8, 4) is 0 Å². The standard InChI is InChI=1S/C17H23FN2O2/c18-14-8-6-13(7-9-14)17(10-2-1-3-11-17)16(22)20-12-4-5-15(19)21/h6-9H,1-5,10-12H2,(H2,19,21)(H,20,22). The zero-order chi connectivity index (χ0) is 16.0. The summed E-state index contributed by atoms with van der Waals surface area (Å²) in [5, 5.41) is 2.92. The molecule has 0 aliphatic heterocycles. The van der Waals surface area contributed by atoms with Crippen molar-refractivity contribution >= 4 is 11.8 Å². The number of benzene rings is 1. The van der Waals surface area contributed by atoms with Gasteiger partial charge in [0.1, 0.15) is 5.82 Å². The molecule has 0 saturated heterocycles. The van der Waals surface area contributed by atoms with E-state index in [9.17, 15) is 14.0 Å². The van der Waals surface area contributed by atoms with Gasteiger partial charge in [-0.05, 0) is 37.0 Å². The molecule has 2 rings (SSSR count). The van der Waals surface area contributed by atoms with Gasteiger partial charge in [0.25, 0.3) is 0 Å². The highest BCUT2D eigenvalue weighted by molar-refractivity contribution is 5.88. The van der Waals surface area contributed by atoms with Gasteiger partial charge >= 0.3 is 0 Å². The number of amides is 2. The largest absolute Gasteiger partial charge is 0.370 e. The predicted molar refractivity (Wildman–Crippen MR) is 82.6 cm³/mol. The quantitative estimate of drug-likeness (QED) is 0.792. The summed E-state index contributed by atoms with van der Waals surface area (Å²) in [5.74, 6) is -0.681. The first kappa shape index (κ1) is 16.5. The monoisotopic (exact) mass is 306 g/mol. The summed E-state index contributed by atoms with van der Waals surface area (Å²) in [6.07, 6.45) is 5.47. The average molecular weight is 306 g/mol. The molecule has 0 bridgehead atoms. The first-order valence-electron chi connectivity index (χ1n) is 7.87. The van der Waals surface area contributed by atoms with Gasteiger partial charge in [-0.2, -0.15) is 0 Å². The second kappa shape index (κ2) is 7.38. The molecule has 0 atom stereocenters. The molecule has 0 spiro atoms. The van der Waals surface area contributed by atoms with Crippen molar-refractivity contribution in [1.82, 2.24) is 5.32 Å². The maximum absolute atomic E-state index is 13.2. The number of carbonyl (C=O) groups excluding carboxylic acids is 2. The first-order chi connectivity index (χ1) is 10.5. The highest BCUT2D eigenvalue weighted by atomic mass is 19.1. The van der Waals surface area contributed by atoms with Crippen LogP contribution in [0.1, 0.15) is 50.5 Å². The van der Waals surface area contributed by atoms with E-state index in [1.807, 2.05) is 0 Å². The third-order valence-corrected chi connectivity index (χ3v) is 4.42. The average Bonchev–Trinajstić information content (AvgIpc) is 2.52. The van der Waals surface area contributed by atoms with E-state index in [2.05, 4.69) is 5.32 Å². The summed E-state index contributed by atoms with van der Waals surface area (Å²) < 4.78 is 13.2. The molecular formula is C17H23FN2O2. The summed E-state index contributed by atoms with van der Waals surface area (Å²) in [6.45, 7) is 0.435. The van der Waals surface area contributed by atoms with Crippen LogP contribution in [0.25, 0.3) is 0 Å². The lowest BCUT2D eigenvalue weighted by Crippen LogP contribution is -2.46. The lowest BCUT2D eigenvalue weighted by atomic mass is 9.68. The van der Waals surface area contributed by atoms with Crippen molar-refractivity contribution < 1.29 is 14.0 Å². The minimum Gasteiger partial charge on any atom is -0.370 e. The molecule has 120 valence electrons. The van der Waals surface area contributed by atoms with Crippen LogP contribution in [-0.4, -0.2) is 18.4 Å². The summed E-state index contributed by atoms with van der Waals surface area (Å²) in [6, 6.07) is 6.24. The van der Waals surface area contributed by atoms with E-state index in [1.165, 1.54) is 12.1 Å². The Bertz CT molecular complexity index is 522. The van der Waals surface area contributed by atoms with Gasteiger partial charge in [0, 0.05) is 13.0 Å². The second-order valence-corrected chi connectivity index (χ2v) is 5.98. The second-order valence-electron chi connectivity index (χ2n) is 5.98. The Kier molecular flexibility index (Phi) is 5.52. The number of hydrogen-bond acceptors (Lipinski definition) is 2. The smallest absolute Gasteiger partial charge is 0.230 e. The van der Waals surface area contributed by atoms with Crippen LogP contribution >= 0.6 is 0 Å². The van der Waals surface area contributed by atoms with E-state index in [0.717, 1.165) is 37.7 Å². The molecule has 0 aromatic heterocycles. The Balaban J connectivity index is 2.09. The maximum Gasteiger partial charge on any atom is 0.230 e. The Hall–Kier alpha value is -1.91. The van der Waals surface area contributed by atoms with E-state index < -0.39 is 5.41 Å². The third kappa shape index (κ3) is 3.84. The maximum atomic E-state index is 13.2. The lowest BCUT2D eigenvalue weighted by molar-refractivity contribution is -0.128. The molecule has 22 heavy (non-hydrogen) atoms. The number of rotatable bonds is 6. The SMILES string of the molecule is NC(=O)CCCNC(=O)C1(c2ccc(F)cc2)CCCCC1. The Morgan fingerprint density at radius 2 is 1.77 bits per heavy atom. The zero-order valence-corrected chi connectivity index (χ0v) is 12.7. The van der Waals surface area contributed by atoms with Gasteiger partial charge in [0.2, 0.25) is 11.8 Å². The Labute approximate surface area is 130 Å². The molecule has 1 aromatic carbocycles. The topological polar surface area (TPSA) is 72.2 Å². The highest BCUT2D eigenvalue weighted by Crippen LogP contribution is 2.39. The predicted octanol–water partition coefficient (Wildman–Crippen LogP) is 2.41. The Morgan fingerprint density at radius 3 is 2.36 bits per heavy atom. The van der Waals surface area contributed by atoms with E-state index in [-0.39, 0.29) is 24.1 Å². The number of nitrogens with one attached hydrogen (secondary N) is 1. The van der Waals surface area contributed by atoms with Gasteiger partial charge in [0.15, 0.2) is 0 Å². The number of halogens is 1. The molecule has 1 saturated carbocycles. The third-order valence-electron chi connectivity index (χ3n) is 4.42. The summed E-state index contributed by atoms with van der Waals surface area (Å²) in [5.41, 5.74) is 5.40. The molecule has 3 N–H and O–H groups in total. The van der Waals surface area contributed by atoms with E-state index in [0.29, 0.717) is 13.0 Å². The van der Waals surface area contributed by atoms with Crippen LogP contribution in [0.2, 0.25) is 0 Å². The molecule has 5 heteroatoms. The fourth-order valence-electron chi connectivity index (χ4n) is 3.20. The molecule has 4 nitrogen and oxygen atoms in total. The molecule has 2 amide bonds. The molecular weight excluding hydrogens is 283 g/mol. The zero-order valence-electron chi connectivity index (χ0n) is 12.7. The highest BCUT2D eigenvalue weighted by Gasteiger charge is 2.40. The number of nitrogens with two attached hydrogens (primary N) is 1. The number of primary amides is 1. The fraction of sp³-hybridized carbons (Fsp3) is 0.529. The van der Waals surface area contributed by atoms with Gasteiger partial charge in [-0.15, -0.1) is 0 Å². The van der Waals surface area contributed by atoms with Crippen molar-refractivity contribution in [1.29, 1.82) is 0 Å². The number of carbonyl (C=O) groups is 2. The minimum absolute atomic E-state index is 0.0247. The van der Waals surface area contributed by atoms with Crippen LogP contribution in [-0.2, 0) is 15.0 Å². The Morgan fingerprint density at radius 1 is 1.14 bits per heavy atom. The van der Waals surface area contributed by atoms with Crippen molar-refractivity contribution in [2.45, 2.75) is 50.4 Å². The van der Waals surface area contributed by atoms with Crippen LogP contribution < -0.4 is 11.1 Å². The van der Waals surface area contributed by atoms with Crippen LogP contribution in [0.5, 0.6) is 0 Å². The van der Waals surface area contributed by atoms with Crippen LogP contribution in [0.3, 0.4) is 0 Å². The molecule has 1 fully saturated rings. The summed E-state index contributed by atoms with van der Waals surface area (Å²) in [4.78, 5) is 23.5. The van der Waals surface area contributed by atoms with E-state index in [4.69, 9.17) is 5.73 Å². The van der Waals surface area contributed by atoms with Crippen LogP contribution in [0.15, 0.2) is 24.3 Å².